The van der Waals surface area contributed by atoms with Gasteiger partial charge in [0.1, 0.15) is 0 Å². The fourth-order valence-corrected chi connectivity index (χ4v) is 4.21. The number of nitrogens with one attached hydrogen (secondary N) is 1. The maximum atomic E-state index is 4.43. The van der Waals surface area contributed by atoms with Gasteiger partial charge in [0.25, 0.3) is 0 Å². The molecule has 1 aliphatic carbocycles. The molecule has 1 atom stereocenters. The first-order chi connectivity index (χ1) is 10.2. The molecule has 1 aliphatic rings. The van der Waals surface area contributed by atoms with Crippen LogP contribution in [0.3, 0.4) is 0 Å². The molecule has 1 aromatic rings. The first-order valence-corrected chi connectivity index (χ1v) is 8.63. The van der Waals surface area contributed by atoms with E-state index >= 15 is 0 Å². The predicted molar refractivity (Wildman–Crippen MR) is 88.6 cm³/mol. The molecule has 0 aliphatic heterocycles. The van der Waals surface area contributed by atoms with Crippen molar-refractivity contribution in [2.24, 2.45) is 0 Å². The molecule has 4 heteroatoms. The number of hydrogen-bond donors (Lipinski definition) is 1. The van der Waals surface area contributed by atoms with Crippen LogP contribution in [0.15, 0.2) is 12.4 Å². The molecule has 2 rings (SSSR count). The Morgan fingerprint density at radius 2 is 1.95 bits per heavy atom. The topological polar surface area (TPSA) is 33.1 Å². The van der Waals surface area contributed by atoms with Crippen molar-refractivity contribution in [3.63, 3.8) is 0 Å². The minimum atomic E-state index is 0.326. The lowest BCUT2D eigenvalue weighted by Gasteiger charge is -2.46. The van der Waals surface area contributed by atoms with Crippen LogP contribution in [0.2, 0.25) is 0 Å². The second-order valence-corrected chi connectivity index (χ2v) is 6.23. The van der Waals surface area contributed by atoms with Gasteiger partial charge in [0.05, 0.1) is 6.20 Å². The lowest BCUT2D eigenvalue weighted by atomic mass is 9.83. The van der Waals surface area contributed by atoms with E-state index in [0.29, 0.717) is 11.6 Å². The van der Waals surface area contributed by atoms with Gasteiger partial charge in [-0.25, -0.2) is 0 Å². The highest BCUT2D eigenvalue weighted by atomic mass is 15.3. The monoisotopic (exact) mass is 292 g/mol. The Labute approximate surface area is 129 Å². The molecule has 1 fully saturated rings. The average molecular weight is 292 g/mol. The third-order valence-corrected chi connectivity index (χ3v) is 5.31. The summed E-state index contributed by atoms with van der Waals surface area (Å²) in [5, 5.41) is 8.06. The van der Waals surface area contributed by atoms with E-state index in [-0.39, 0.29) is 0 Å². The molecule has 1 saturated carbocycles. The van der Waals surface area contributed by atoms with Crippen LogP contribution in [0.4, 0.5) is 0 Å². The zero-order chi connectivity index (χ0) is 15.3. The second-order valence-electron chi connectivity index (χ2n) is 6.23. The highest BCUT2D eigenvalue weighted by molar-refractivity contribution is 5.12. The van der Waals surface area contributed by atoms with Crippen molar-refractivity contribution in [3.8, 4) is 0 Å². The fraction of sp³-hybridized carbons (Fsp3) is 0.824. The molecular formula is C17H32N4. The minimum Gasteiger partial charge on any atom is -0.315 e. The molecule has 0 radical (unpaired) electrons. The lowest BCUT2D eigenvalue weighted by molar-refractivity contribution is 0.0658. The molecule has 1 unspecified atom stereocenters. The summed E-state index contributed by atoms with van der Waals surface area (Å²) in [4.78, 5) is 2.69. The van der Waals surface area contributed by atoms with Crippen molar-refractivity contribution < 1.29 is 0 Å². The Hall–Kier alpha value is -0.870. The van der Waals surface area contributed by atoms with Crippen molar-refractivity contribution in [1.82, 2.24) is 20.0 Å². The van der Waals surface area contributed by atoms with Crippen LogP contribution in [-0.2, 0) is 13.0 Å². The minimum absolute atomic E-state index is 0.326. The fourth-order valence-electron chi connectivity index (χ4n) is 4.21. The number of hydrogen-bond acceptors (Lipinski definition) is 3. The summed E-state index contributed by atoms with van der Waals surface area (Å²) < 4.78 is 2.03. The summed E-state index contributed by atoms with van der Waals surface area (Å²) in [6.07, 6.45) is 10.7. The first-order valence-electron chi connectivity index (χ1n) is 8.63. The van der Waals surface area contributed by atoms with Crippen molar-refractivity contribution >= 4 is 0 Å². The zero-order valence-electron chi connectivity index (χ0n) is 14.2. The molecule has 0 spiro atoms. The highest BCUT2D eigenvalue weighted by Gasteiger charge is 2.44. The maximum absolute atomic E-state index is 4.43. The summed E-state index contributed by atoms with van der Waals surface area (Å²) in [6, 6.07) is 0.509. The molecule has 0 saturated heterocycles. The van der Waals surface area contributed by atoms with Gasteiger partial charge in [0.15, 0.2) is 0 Å². The van der Waals surface area contributed by atoms with E-state index < -0.39 is 0 Å². The van der Waals surface area contributed by atoms with Gasteiger partial charge in [-0.05, 0) is 51.9 Å². The first kappa shape index (κ1) is 16.5. The number of nitrogens with zero attached hydrogens (tertiary/aromatic N) is 3. The lowest BCUT2D eigenvalue weighted by Crippen LogP contribution is -2.60. The van der Waals surface area contributed by atoms with E-state index in [1.54, 1.807) is 0 Å². The standard InChI is InChI=1S/C17H32N4/c1-5-20(6-2)17(10-8-9-11-17)16(18-4)12-15-13-19-21(7-3)14-15/h13-14,16,18H,5-12H2,1-4H3. The number of aryl methyl sites for hydroxylation is 1. The SMILES string of the molecule is CCN(CC)C1(C(Cc2cnn(CC)c2)NC)CCCC1. The van der Waals surface area contributed by atoms with E-state index in [1.165, 1.54) is 31.2 Å². The van der Waals surface area contributed by atoms with Gasteiger partial charge in [-0.15, -0.1) is 0 Å². The number of aromatic nitrogens is 2. The molecule has 0 aromatic carbocycles. The molecule has 1 N–H and O–H groups in total. The van der Waals surface area contributed by atoms with E-state index in [0.717, 1.165) is 26.1 Å². The van der Waals surface area contributed by atoms with Crippen LogP contribution in [0, 0.1) is 0 Å². The number of rotatable bonds is 8. The molecule has 21 heavy (non-hydrogen) atoms. The van der Waals surface area contributed by atoms with Gasteiger partial charge in [-0.2, -0.15) is 5.10 Å². The largest absolute Gasteiger partial charge is 0.315 e. The van der Waals surface area contributed by atoms with Crippen LogP contribution >= 0.6 is 0 Å². The molecule has 0 bridgehead atoms. The third kappa shape index (κ3) is 3.32. The van der Waals surface area contributed by atoms with Gasteiger partial charge >= 0.3 is 0 Å². The normalized spacial score (nSPS) is 19.3. The molecular weight excluding hydrogens is 260 g/mol. The van der Waals surface area contributed by atoms with Crippen molar-refractivity contribution in [1.29, 1.82) is 0 Å². The van der Waals surface area contributed by atoms with Gasteiger partial charge in [-0.3, -0.25) is 9.58 Å². The van der Waals surface area contributed by atoms with Gasteiger partial charge in [-0.1, -0.05) is 26.7 Å². The molecule has 1 aromatic heterocycles. The molecule has 1 heterocycles. The van der Waals surface area contributed by atoms with Gasteiger partial charge in [0, 0.05) is 24.3 Å². The predicted octanol–water partition coefficient (Wildman–Crippen LogP) is 2.69. The Morgan fingerprint density at radius 1 is 1.29 bits per heavy atom. The van der Waals surface area contributed by atoms with Crippen molar-refractivity contribution in [2.75, 3.05) is 20.1 Å². The summed E-state index contributed by atoms with van der Waals surface area (Å²) in [5.74, 6) is 0. The summed E-state index contributed by atoms with van der Waals surface area (Å²) in [6.45, 7) is 9.97. The molecule has 0 amide bonds. The zero-order valence-corrected chi connectivity index (χ0v) is 14.2. The van der Waals surface area contributed by atoms with Crippen LogP contribution in [-0.4, -0.2) is 46.4 Å². The summed E-state index contributed by atoms with van der Waals surface area (Å²) in [7, 11) is 2.12. The highest BCUT2D eigenvalue weighted by Crippen LogP contribution is 2.39. The Kier molecular flexibility index (Phi) is 5.82. The van der Waals surface area contributed by atoms with Crippen LogP contribution < -0.4 is 5.32 Å². The third-order valence-electron chi connectivity index (χ3n) is 5.31. The van der Waals surface area contributed by atoms with Gasteiger partial charge < -0.3 is 5.32 Å². The van der Waals surface area contributed by atoms with Crippen LogP contribution in [0.5, 0.6) is 0 Å². The second kappa shape index (κ2) is 7.41. The maximum Gasteiger partial charge on any atom is 0.0522 e. The number of likely N-dealkylation sites (N-methyl/N-ethyl adjacent to an activating group) is 2. The van der Waals surface area contributed by atoms with E-state index in [4.69, 9.17) is 0 Å². The Bertz CT molecular complexity index is 416. The quantitative estimate of drug-likeness (QED) is 0.800. The average Bonchev–Trinajstić information content (AvgIpc) is 3.15. The molecule has 4 nitrogen and oxygen atoms in total. The van der Waals surface area contributed by atoms with Crippen LogP contribution in [0.25, 0.3) is 0 Å². The van der Waals surface area contributed by atoms with E-state index in [9.17, 15) is 0 Å². The van der Waals surface area contributed by atoms with Crippen LogP contribution in [0.1, 0.15) is 52.0 Å². The smallest absolute Gasteiger partial charge is 0.0522 e. The van der Waals surface area contributed by atoms with E-state index in [2.05, 4.69) is 49.3 Å². The summed E-state index contributed by atoms with van der Waals surface area (Å²) >= 11 is 0. The van der Waals surface area contributed by atoms with Crippen molar-refractivity contribution in [3.05, 3.63) is 18.0 Å². The molecule has 120 valence electrons. The summed E-state index contributed by atoms with van der Waals surface area (Å²) in [5.41, 5.74) is 1.68. The van der Waals surface area contributed by atoms with Gasteiger partial charge in [0.2, 0.25) is 0 Å². The van der Waals surface area contributed by atoms with Crippen molar-refractivity contribution in [2.45, 2.75) is 71.0 Å². The van der Waals surface area contributed by atoms with E-state index in [1.807, 2.05) is 10.9 Å². The Balaban J connectivity index is 2.19. The Morgan fingerprint density at radius 3 is 2.43 bits per heavy atom.